The Morgan fingerprint density at radius 1 is 1.26 bits per heavy atom. The van der Waals surface area contributed by atoms with Crippen LogP contribution < -0.4 is 11.1 Å². The molecule has 3 N–H and O–H groups in total. The highest BCUT2D eigenvalue weighted by Crippen LogP contribution is 2.15. The molecule has 0 radical (unpaired) electrons. The SMILES string of the molecule is CC(C)(C)OC(=O)c1ccc(CNc2cc(Cl)nc(N)n2)cc1. The zero-order chi connectivity index (χ0) is 17.0. The number of hydrogen-bond donors (Lipinski definition) is 2. The second-order valence-electron chi connectivity index (χ2n) is 5.99. The molecule has 0 unspecified atom stereocenters. The van der Waals surface area contributed by atoms with E-state index in [1.807, 2.05) is 32.9 Å². The van der Waals surface area contributed by atoms with Crippen molar-refractivity contribution in [3.8, 4) is 0 Å². The van der Waals surface area contributed by atoms with Crippen molar-refractivity contribution in [1.82, 2.24) is 9.97 Å². The van der Waals surface area contributed by atoms with Gasteiger partial charge in [-0.05, 0) is 38.5 Å². The maximum atomic E-state index is 11.9. The molecule has 0 saturated heterocycles. The number of carbonyl (C=O) groups excluding carboxylic acids is 1. The van der Waals surface area contributed by atoms with Crippen molar-refractivity contribution >= 4 is 29.3 Å². The summed E-state index contributed by atoms with van der Waals surface area (Å²) < 4.78 is 5.32. The molecule has 0 atom stereocenters. The molecule has 0 bridgehead atoms. The molecule has 2 rings (SSSR count). The van der Waals surface area contributed by atoms with E-state index in [4.69, 9.17) is 22.1 Å². The minimum Gasteiger partial charge on any atom is -0.456 e. The van der Waals surface area contributed by atoms with Crippen LogP contribution in [-0.2, 0) is 11.3 Å². The average Bonchev–Trinajstić information content (AvgIpc) is 2.43. The number of nitrogen functional groups attached to an aromatic ring is 1. The molecule has 0 aliphatic carbocycles. The Balaban J connectivity index is 1.98. The van der Waals surface area contributed by atoms with Gasteiger partial charge in [0.15, 0.2) is 0 Å². The number of nitrogens with zero attached hydrogens (tertiary/aromatic N) is 2. The fourth-order valence-electron chi connectivity index (χ4n) is 1.81. The van der Waals surface area contributed by atoms with Crippen molar-refractivity contribution in [3.05, 3.63) is 46.6 Å². The highest BCUT2D eigenvalue weighted by atomic mass is 35.5. The third-order valence-electron chi connectivity index (χ3n) is 2.77. The van der Waals surface area contributed by atoms with Gasteiger partial charge in [-0.3, -0.25) is 0 Å². The molecule has 0 saturated carbocycles. The van der Waals surface area contributed by atoms with Gasteiger partial charge in [0.25, 0.3) is 0 Å². The molecule has 0 amide bonds. The van der Waals surface area contributed by atoms with Crippen LogP contribution in [0.3, 0.4) is 0 Å². The van der Waals surface area contributed by atoms with Gasteiger partial charge in [0.05, 0.1) is 5.56 Å². The van der Waals surface area contributed by atoms with Gasteiger partial charge >= 0.3 is 5.97 Å². The van der Waals surface area contributed by atoms with Gasteiger partial charge in [0.2, 0.25) is 5.95 Å². The van der Waals surface area contributed by atoms with Crippen LogP contribution in [0.1, 0.15) is 36.7 Å². The van der Waals surface area contributed by atoms with E-state index in [1.165, 1.54) is 0 Å². The molecule has 7 heteroatoms. The number of aromatic nitrogens is 2. The summed E-state index contributed by atoms with van der Waals surface area (Å²) in [6.45, 7) is 6.02. The summed E-state index contributed by atoms with van der Waals surface area (Å²) in [6, 6.07) is 8.74. The highest BCUT2D eigenvalue weighted by Gasteiger charge is 2.17. The molecule has 2 aromatic rings. The fraction of sp³-hybridized carbons (Fsp3) is 0.312. The lowest BCUT2D eigenvalue weighted by Gasteiger charge is -2.19. The second-order valence-corrected chi connectivity index (χ2v) is 6.37. The normalized spacial score (nSPS) is 11.1. The number of anilines is 2. The molecule has 6 nitrogen and oxygen atoms in total. The standard InChI is InChI=1S/C16H19ClN4O2/c1-16(2,3)23-14(22)11-6-4-10(5-7-11)9-19-13-8-12(17)20-15(18)21-13/h4-8H,9H2,1-3H3,(H3,18,19,20,21). The van der Waals surface area contributed by atoms with Gasteiger partial charge in [0.1, 0.15) is 16.6 Å². The third kappa shape index (κ3) is 5.41. The quantitative estimate of drug-likeness (QED) is 0.658. The number of esters is 1. The minimum absolute atomic E-state index is 0.111. The largest absolute Gasteiger partial charge is 0.456 e. The first-order valence-corrected chi connectivity index (χ1v) is 7.47. The Hall–Kier alpha value is -2.34. The Morgan fingerprint density at radius 3 is 2.48 bits per heavy atom. The predicted octanol–water partition coefficient (Wildman–Crippen LogP) is 3.28. The fourth-order valence-corrected chi connectivity index (χ4v) is 2.00. The Labute approximate surface area is 140 Å². The van der Waals surface area contributed by atoms with Crippen molar-refractivity contribution in [2.24, 2.45) is 0 Å². The maximum absolute atomic E-state index is 11.9. The summed E-state index contributed by atoms with van der Waals surface area (Å²) in [7, 11) is 0. The van der Waals surface area contributed by atoms with Crippen molar-refractivity contribution < 1.29 is 9.53 Å². The number of halogens is 1. The van der Waals surface area contributed by atoms with Gasteiger partial charge in [-0.2, -0.15) is 4.98 Å². The molecular weight excluding hydrogens is 316 g/mol. The molecule has 1 aromatic heterocycles. The van der Waals surface area contributed by atoms with Crippen LogP contribution in [0.15, 0.2) is 30.3 Å². The van der Waals surface area contributed by atoms with E-state index in [2.05, 4.69) is 15.3 Å². The summed E-state index contributed by atoms with van der Waals surface area (Å²) in [5, 5.41) is 3.38. The molecule has 1 heterocycles. The minimum atomic E-state index is -0.510. The number of hydrogen-bond acceptors (Lipinski definition) is 6. The summed E-state index contributed by atoms with van der Waals surface area (Å²) in [4.78, 5) is 19.8. The average molecular weight is 335 g/mol. The highest BCUT2D eigenvalue weighted by molar-refractivity contribution is 6.29. The lowest BCUT2D eigenvalue weighted by molar-refractivity contribution is 0.00695. The second kappa shape index (κ2) is 6.83. The predicted molar refractivity (Wildman–Crippen MR) is 90.4 cm³/mol. The lowest BCUT2D eigenvalue weighted by atomic mass is 10.1. The van der Waals surface area contributed by atoms with Crippen molar-refractivity contribution in [2.45, 2.75) is 32.9 Å². The Bertz CT molecular complexity index is 676. The van der Waals surface area contributed by atoms with Gasteiger partial charge in [0, 0.05) is 12.6 Å². The number of nitrogens with one attached hydrogen (secondary N) is 1. The molecule has 0 aliphatic rings. The van der Waals surface area contributed by atoms with Crippen LogP contribution in [0.25, 0.3) is 0 Å². The summed E-state index contributed by atoms with van der Waals surface area (Å²) in [5.41, 5.74) is 6.51. The van der Waals surface area contributed by atoms with E-state index in [9.17, 15) is 4.79 Å². The lowest BCUT2D eigenvalue weighted by Crippen LogP contribution is -2.23. The van der Waals surface area contributed by atoms with E-state index in [-0.39, 0.29) is 17.1 Å². The van der Waals surface area contributed by atoms with E-state index in [0.29, 0.717) is 17.9 Å². The number of rotatable bonds is 4. The van der Waals surface area contributed by atoms with E-state index < -0.39 is 5.60 Å². The van der Waals surface area contributed by atoms with Crippen molar-refractivity contribution in [3.63, 3.8) is 0 Å². The smallest absolute Gasteiger partial charge is 0.338 e. The summed E-state index contributed by atoms with van der Waals surface area (Å²) >= 11 is 5.82. The van der Waals surface area contributed by atoms with E-state index in [1.54, 1.807) is 18.2 Å². The van der Waals surface area contributed by atoms with Crippen LogP contribution in [0, 0.1) is 0 Å². The zero-order valence-corrected chi connectivity index (χ0v) is 14.0. The summed E-state index contributed by atoms with van der Waals surface area (Å²) in [5.74, 6) is 0.311. The van der Waals surface area contributed by atoms with Crippen LogP contribution in [-0.4, -0.2) is 21.5 Å². The molecule has 1 aromatic carbocycles. The Morgan fingerprint density at radius 2 is 1.91 bits per heavy atom. The molecule has 0 spiro atoms. The van der Waals surface area contributed by atoms with E-state index >= 15 is 0 Å². The van der Waals surface area contributed by atoms with Crippen LogP contribution in [0.5, 0.6) is 0 Å². The Kier molecular flexibility index (Phi) is 5.05. The molecule has 0 aliphatic heterocycles. The van der Waals surface area contributed by atoms with E-state index in [0.717, 1.165) is 5.56 Å². The van der Waals surface area contributed by atoms with Crippen LogP contribution >= 0.6 is 11.6 Å². The maximum Gasteiger partial charge on any atom is 0.338 e. The molecular formula is C16H19ClN4O2. The monoisotopic (exact) mass is 334 g/mol. The van der Waals surface area contributed by atoms with Gasteiger partial charge in [-0.25, -0.2) is 9.78 Å². The summed E-state index contributed by atoms with van der Waals surface area (Å²) in [6.07, 6.45) is 0. The number of nitrogens with two attached hydrogens (primary N) is 1. The first-order chi connectivity index (χ1) is 10.7. The van der Waals surface area contributed by atoms with Crippen LogP contribution in [0.2, 0.25) is 5.15 Å². The third-order valence-corrected chi connectivity index (χ3v) is 2.97. The molecule has 23 heavy (non-hydrogen) atoms. The van der Waals surface area contributed by atoms with Gasteiger partial charge in [-0.15, -0.1) is 0 Å². The molecule has 0 fully saturated rings. The number of carbonyl (C=O) groups is 1. The first kappa shape index (κ1) is 17.0. The number of ether oxygens (including phenoxy) is 1. The zero-order valence-electron chi connectivity index (χ0n) is 13.3. The van der Waals surface area contributed by atoms with Gasteiger partial charge in [-0.1, -0.05) is 23.7 Å². The topological polar surface area (TPSA) is 90.1 Å². The first-order valence-electron chi connectivity index (χ1n) is 7.09. The number of benzene rings is 1. The van der Waals surface area contributed by atoms with Crippen LogP contribution in [0.4, 0.5) is 11.8 Å². The van der Waals surface area contributed by atoms with Gasteiger partial charge < -0.3 is 15.8 Å². The van der Waals surface area contributed by atoms with Crippen molar-refractivity contribution in [2.75, 3.05) is 11.1 Å². The van der Waals surface area contributed by atoms with Crippen molar-refractivity contribution in [1.29, 1.82) is 0 Å². The molecule has 122 valence electrons.